The van der Waals surface area contributed by atoms with Gasteiger partial charge in [0.15, 0.2) is 0 Å². The lowest BCUT2D eigenvalue weighted by atomic mass is 9.75. The van der Waals surface area contributed by atoms with Crippen molar-refractivity contribution in [2.45, 2.75) is 133 Å². The van der Waals surface area contributed by atoms with E-state index in [1.165, 1.54) is 12.8 Å². The number of benzene rings is 1. The van der Waals surface area contributed by atoms with E-state index in [0.717, 1.165) is 42.4 Å². The summed E-state index contributed by atoms with van der Waals surface area (Å²) < 4.78 is 79.8. The summed E-state index contributed by atoms with van der Waals surface area (Å²) in [5.74, 6) is 0. The zero-order valence-electron chi connectivity index (χ0n) is 25.2. The highest BCUT2D eigenvalue weighted by Crippen LogP contribution is 2.64. The minimum Gasteiger partial charge on any atom is -0.362 e. The summed E-state index contributed by atoms with van der Waals surface area (Å²) >= 11 is 0. The standard InChI is InChI=1S/C31H46F3N5O3S/c1-19-5-3-6-20(2)27(19)24-13-25-37-28(36-24)38-43(40,41)26-8-4-7-21(35-26)17-39(22-14-29(15-22)9-10-29)23(18-42-25)16-30(11-12-30)31(32,33)34/h3,5-6,21-26,28,35-38H,4,7-18H2,1-2H3/t21?,23-,24?,25?,26?,28?/m1/s1. The third-order valence-corrected chi connectivity index (χ3v) is 13.1. The molecule has 4 N–H and O–H groups in total. The van der Waals surface area contributed by atoms with E-state index in [1.54, 1.807) is 0 Å². The Kier molecular flexibility index (Phi) is 7.71. The molecule has 0 radical (unpaired) electrons. The van der Waals surface area contributed by atoms with Crippen LogP contribution in [-0.2, 0) is 14.8 Å². The highest BCUT2D eigenvalue weighted by atomic mass is 32.2. The zero-order chi connectivity index (χ0) is 30.2. The molecule has 3 aliphatic heterocycles. The second-order valence-corrected chi connectivity index (χ2v) is 16.4. The number of piperidine rings is 1. The number of hydrogen-bond donors (Lipinski definition) is 4. The minimum atomic E-state index is -4.24. The lowest BCUT2D eigenvalue weighted by Crippen LogP contribution is -2.65. The number of alkyl halides is 3. The van der Waals surface area contributed by atoms with Crippen LogP contribution in [-0.4, -0.2) is 68.7 Å². The lowest BCUT2D eigenvalue weighted by molar-refractivity contribution is -0.196. The molecule has 7 rings (SSSR count). The molecule has 1 aromatic carbocycles. The van der Waals surface area contributed by atoms with Gasteiger partial charge in [-0.25, -0.2) is 8.42 Å². The van der Waals surface area contributed by atoms with Crippen molar-refractivity contribution < 1.29 is 26.3 Å². The summed E-state index contributed by atoms with van der Waals surface area (Å²) in [6.45, 7) is 4.80. The third-order valence-electron chi connectivity index (χ3n) is 11.4. The van der Waals surface area contributed by atoms with Gasteiger partial charge >= 0.3 is 6.18 Å². The smallest absolute Gasteiger partial charge is 0.362 e. The zero-order valence-corrected chi connectivity index (χ0v) is 26.0. The molecule has 0 aromatic heterocycles. The average molecular weight is 626 g/mol. The molecule has 1 spiro atoms. The van der Waals surface area contributed by atoms with Crippen molar-refractivity contribution in [3.8, 4) is 0 Å². The second kappa shape index (κ2) is 10.9. The maximum absolute atomic E-state index is 14.3. The molecule has 12 heteroatoms. The number of aryl methyl sites for hydroxylation is 2. The predicted octanol–water partition coefficient (Wildman–Crippen LogP) is 4.30. The van der Waals surface area contributed by atoms with Crippen molar-refractivity contribution in [1.82, 2.24) is 25.6 Å². The summed E-state index contributed by atoms with van der Waals surface area (Å²) in [7, 11) is -3.77. The van der Waals surface area contributed by atoms with E-state index < -0.39 is 45.5 Å². The number of hydrogen-bond acceptors (Lipinski definition) is 7. The Hall–Kier alpha value is -1.28. The Morgan fingerprint density at radius 2 is 1.74 bits per heavy atom. The number of halogens is 3. The van der Waals surface area contributed by atoms with Crippen LogP contribution in [0.2, 0.25) is 0 Å². The normalized spacial score (nSPS) is 37.4. The molecule has 5 unspecified atom stereocenters. The maximum atomic E-state index is 14.3. The number of fused-ring (bicyclic) bond motifs is 4. The molecule has 1 aromatic rings. The topological polar surface area (TPSA) is 94.7 Å². The van der Waals surface area contributed by atoms with Crippen molar-refractivity contribution in [3.63, 3.8) is 0 Å². The summed E-state index contributed by atoms with van der Waals surface area (Å²) in [6.07, 6.45) is 1.82. The molecule has 4 bridgehead atoms. The molecule has 240 valence electrons. The largest absolute Gasteiger partial charge is 0.394 e. The maximum Gasteiger partial charge on any atom is 0.394 e. The van der Waals surface area contributed by atoms with Crippen LogP contribution in [0.1, 0.15) is 93.4 Å². The van der Waals surface area contributed by atoms with Gasteiger partial charge in [-0.15, -0.1) is 0 Å². The molecule has 43 heavy (non-hydrogen) atoms. The van der Waals surface area contributed by atoms with Gasteiger partial charge in [-0.3, -0.25) is 20.9 Å². The summed E-state index contributed by atoms with van der Waals surface area (Å²) in [4.78, 5) is 2.30. The van der Waals surface area contributed by atoms with Crippen LogP contribution >= 0.6 is 0 Å². The average Bonchev–Trinajstić information content (AvgIpc) is 3.83. The van der Waals surface area contributed by atoms with Gasteiger partial charge in [-0.05, 0) is 100 Å². The molecule has 6 aliphatic rings. The first-order chi connectivity index (χ1) is 20.4. The molecule has 3 heterocycles. The molecule has 0 amide bonds. The minimum absolute atomic E-state index is 0.0292. The molecular weight excluding hydrogens is 579 g/mol. The first-order valence-corrected chi connectivity index (χ1v) is 17.7. The highest BCUT2D eigenvalue weighted by molar-refractivity contribution is 7.90. The molecule has 8 nitrogen and oxygen atoms in total. The fraction of sp³-hybridized carbons (Fsp3) is 0.806. The summed E-state index contributed by atoms with van der Waals surface area (Å²) in [5, 5.41) is 9.38. The summed E-state index contributed by atoms with van der Waals surface area (Å²) in [5.41, 5.74) is 2.03. The predicted molar refractivity (Wildman–Crippen MR) is 157 cm³/mol. The van der Waals surface area contributed by atoms with Gasteiger partial charge in [0.05, 0.1) is 12.0 Å². The van der Waals surface area contributed by atoms with E-state index >= 15 is 0 Å². The second-order valence-electron chi connectivity index (χ2n) is 14.5. The SMILES string of the molecule is Cc1cccc(C)c1C1CC2NC(N1)NS(=O)(=O)C1CCCC(CN(C3CC4(CC4)C3)[C@H](CC3(C(F)(F)F)CC3)CO2)N1. The molecular formula is C31H46F3N5O3S. The van der Waals surface area contributed by atoms with Crippen LogP contribution in [0.5, 0.6) is 0 Å². The van der Waals surface area contributed by atoms with Crippen molar-refractivity contribution in [1.29, 1.82) is 0 Å². The first-order valence-electron chi connectivity index (χ1n) is 16.1. The quantitative estimate of drug-likeness (QED) is 0.397. The Morgan fingerprint density at radius 1 is 1.02 bits per heavy atom. The van der Waals surface area contributed by atoms with Gasteiger partial charge in [-0.1, -0.05) is 18.2 Å². The Bertz CT molecular complexity index is 1290. The van der Waals surface area contributed by atoms with Crippen molar-refractivity contribution >= 4 is 10.0 Å². The van der Waals surface area contributed by atoms with Crippen LogP contribution in [0.3, 0.4) is 0 Å². The molecule has 6 fully saturated rings. The van der Waals surface area contributed by atoms with Crippen LogP contribution in [0.15, 0.2) is 18.2 Å². The van der Waals surface area contributed by atoms with Crippen LogP contribution < -0.4 is 20.7 Å². The van der Waals surface area contributed by atoms with Gasteiger partial charge in [-0.2, -0.15) is 17.9 Å². The first kappa shape index (κ1) is 30.4. The van der Waals surface area contributed by atoms with Gasteiger partial charge < -0.3 is 4.74 Å². The van der Waals surface area contributed by atoms with Crippen molar-refractivity contribution in [2.75, 3.05) is 13.2 Å². The number of rotatable bonds is 4. The van der Waals surface area contributed by atoms with Gasteiger partial charge in [0.25, 0.3) is 0 Å². The monoisotopic (exact) mass is 625 g/mol. The fourth-order valence-electron chi connectivity index (χ4n) is 8.48. The van der Waals surface area contributed by atoms with Crippen molar-refractivity contribution in [2.24, 2.45) is 10.8 Å². The van der Waals surface area contributed by atoms with E-state index in [2.05, 4.69) is 25.6 Å². The van der Waals surface area contributed by atoms with E-state index in [0.29, 0.717) is 24.8 Å². The van der Waals surface area contributed by atoms with E-state index in [9.17, 15) is 21.6 Å². The van der Waals surface area contributed by atoms with Gasteiger partial charge in [0.2, 0.25) is 10.0 Å². The Labute approximate surface area is 253 Å². The van der Waals surface area contributed by atoms with Gasteiger partial charge in [0, 0.05) is 37.1 Å². The highest BCUT2D eigenvalue weighted by Gasteiger charge is 2.64. The number of ether oxygens (including phenoxy) is 1. The summed E-state index contributed by atoms with van der Waals surface area (Å²) in [6, 6.07) is 5.59. The number of sulfonamides is 1. The van der Waals surface area contributed by atoms with Crippen LogP contribution in [0.4, 0.5) is 13.2 Å². The molecule has 3 saturated heterocycles. The van der Waals surface area contributed by atoms with Gasteiger partial charge in [0.1, 0.15) is 17.9 Å². The third kappa shape index (κ3) is 6.02. The molecule has 3 aliphatic carbocycles. The van der Waals surface area contributed by atoms with Crippen LogP contribution in [0, 0.1) is 24.7 Å². The molecule has 3 saturated carbocycles. The Balaban J connectivity index is 1.22. The molecule has 6 atom stereocenters. The fourth-order valence-corrected chi connectivity index (χ4v) is 9.95. The van der Waals surface area contributed by atoms with E-state index in [-0.39, 0.29) is 44.0 Å². The lowest BCUT2D eigenvalue weighted by Gasteiger charge is -2.49. The van der Waals surface area contributed by atoms with Crippen LogP contribution in [0.25, 0.3) is 0 Å². The Morgan fingerprint density at radius 3 is 2.40 bits per heavy atom. The van der Waals surface area contributed by atoms with E-state index in [4.69, 9.17) is 4.74 Å². The number of nitrogens with one attached hydrogen (secondary N) is 4. The van der Waals surface area contributed by atoms with E-state index in [1.807, 2.05) is 32.0 Å². The van der Waals surface area contributed by atoms with Crippen molar-refractivity contribution in [3.05, 3.63) is 34.9 Å². The number of nitrogens with zero attached hydrogens (tertiary/aromatic N) is 1.